The number of hydrogen-bond acceptors (Lipinski definition) is 5. The molecule has 0 saturated heterocycles. The van der Waals surface area contributed by atoms with E-state index < -0.39 is 10.1 Å². The second kappa shape index (κ2) is 6.00. The van der Waals surface area contributed by atoms with Crippen molar-refractivity contribution in [1.82, 2.24) is 0 Å². The van der Waals surface area contributed by atoms with E-state index in [2.05, 4.69) is 4.18 Å². The zero-order chi connectivity index (χ0) is 12.9. The summed E-state index contributed by atoms with van der Waals surface area (Å²) in [6.45, 7) is 3.49. The summed E-state index contributed by atoms with van der Waals surface area (Å²) in [5, 5.41) is 8.66. The second-order valence-corrected chi connectivity index (χ2v) is 4.98. The van der Waals surface area contributed by atoms with Crippen molar-refractivity contribution in [2.45, 2.75) is 18.7 Å². The Bertz CT molecular complexity index is 467. The third-order valence-electron chi connectivity index (χ3n) is 2.07. The highest BCUT2D eigenvalue weighted by Crippen LogP contribution is 2.23. The summed E-state index contributed by atoms with van der Waals surface area (Å²) < 4.78 is 33.2. The number of rotatable bonds is 6. The highest BCUT2D eigenvalue weighted by molar-refractivity contribution is 7.86. The lowest BCUT2D eigenvalue weighted by Gasteiger charge is -2.10. The predicted molar refractivity (Wildman–Crippen MR) is 62.6 cm³/mol. The Hall–Kier alpha value is -1.11. The van der Waals surface area contributed by atoms with E-state index in [1.807, 2.05) is 0 Å². The number of hydrogen-bond donors (Lipinski definition) is 1. The van der Waals surface area contributed by atoms with Gasteiger partial charge in [-0.3, -0.25) is 4.18 Å². The fourth-order valence-corrected chi connectivity index (χ4v) is 2.20. The van der Waals surface area contributed by atoms with Gasteiger partial charge >= 0.3 is 0 Å². The smallest absolute Gasteiger partial charge is 0.297 e. The molecule has 0 bridgehead atoms. The van der Waals surface area contributed by atoms with Gasteiger partial charge in [-0.25, -0.2) is 0 Å². The Kier molecular flexibility index (Phi) is 4.92. The van der Waals surface area contributed by atoms with Crippen LogP contribution in [0.15, 0.2) is 23.1 Å². The van der Waals surface area contributed by atoms with Crippen molar-refractivity contribution >= 4 is 10.1 Å². The van der Waals surface area contributed by atoms with Gasteiger partial charge in [-0.05, 0) is 25.5 Å². The summed E-state index contributed by atoms with van der Waals surface area (Å²) in [7, 11) is -3.72. The largest absolute Gasteiger partial charge is 0.491 e. The van der Waals surface area contributed by atoms with E-state index in [1.165, 1.54) is 12.1 Å². The maximum absolute atomic E-state index is 11.6. The van der Waals surface area contributed by atoms with Crippen molar-refractivity contribution < 1.29 is 22.4 Å². The lowest BCUT2D eigenvalue weighted by atomic mass is 10.2. The molecular formula is C11H16O5S. The molecule has 0 saturated carbocycles. The van der Waals surface area contributed by atoms with Crippen LogP contribution in [0.4, 0.5) is 0 Å². The van der Waals surface area contributed by atoms with Crippen LogP contribution in [0.5, 0.6) is 5.75 Å². The molecule has 0 spiro atoms. The maximum Gasteiger partial charge on any atom is 0.297 e. The van der Waals surface area contributed by atoms with Gasteiger partial charge in [0, 0.05) is 6.07 Å². The van der Waals surface area contributed by atoms with Gasteiger partial charge in [0.2, 0.25) is 0 Å². The Morgan fingerprint density at radius 1 is 1.35 bits per heavy atom. The lowest BCUT2D eigenvalue weighted by molar-refractivity contribution is 0.200. The normalized spacial score (nSPS) is 11.5. The van der Waals surface area contributed by atoms with Crippen LogP contribution in [0.3, 0.4) is 0 Å². The van der Waals surface area contributed by atoms with Crippen molar-refractivity contribution in [3.63, 3.8) is 0 Å². The van der Waals surface area contributed by atoms with E-state index in [0.29, 0.717) is 5.75 Å². The summed E-state index contributed by atoms with van der Waals surface area (Å²) in [6.07, 6.45) is 0. The van der Waals surface area contributed by atoms with Crippen LogP contribution in [0.1, 0.15) is 12.5 Å². The fraction of sp³-hybridized carbons (Fsp3) is 0.455. The first-order valence-corrected chi connectivity index (χ1v) is 6.66. The average molecular weight is 260 g/mol. The summed E-state index contributed by atoms with van der Waals surface area (Å²) >= 11 is 0. The van der Waals surface area contributed by atoms with Gasteiger partial charge in [0.15, 0.2) is 0 Å². The highest BCUT2D eigenvalue weighted by atomic mass is 32.2. The first kappa shape index (κ1) is 14.0. The molecule has 0 aromatic heterocycles. The standard InChI is InChI=1S/C11H16O5S/c1-3-16-17(13,14)10-5-4-9(2)11(8-10)15-7-6-12/h4-5,8,12H,3,6-7H2,1-2H3. The molecule has 5 nitrogen and oxygen atoms in total. The number of aliphatic hydroxyl groups excluding tert-OH is 1. The van der Waals surface area contributed by atoms with E-state index in [0.717, 1.165) is 5.56 Å². The van der Waals surface area contributed by atoms with Crippen LogP contribution in [0.2, 0.25) is 0 Å². The molecule has 0 aliphatic heterocycles. The minimum absolute atomic E-state index is 0.0536. The molecule has 0 radical (unpaired) electrons. The SMILES string of the molecule is CCOS(=O)(=O)c1ccc(C)c(OCCO)c1. The molecule has 6 heteroatoms. The predicted octanol–water partition coefficient (Wildman–Crippen LogP) is 1.09. The molecule has 96 valence electrons. The van der Waals surface area contributed by atoms with Gasteiger partial charge < -0.3 is 9.84 Å². The topological polar surface area (TPSA) is 72.8 Å². The molecule has 1 N–H and O–H groups in total. The molecule has 0 amide bonds. The van der Waals surface area contributed by atoms with Crippen LogP contribution in [-0.2, 0) is 14.3 Å². The molecule has 0 aliphatic carbocycles. The molecule has 0 unspecified atom stereocenters. The van der Waals surface area contributed by atoms with Gasteiger partial charge in [0.25, 0.3) is 10.1 Å². The Balaban J connectivity index is 3.03. The first-order chi connectivity index (χ1) is 8.01. The molecule has 1 aromatic rings. The number of ether oxygens (including phenoxy) is 1. The highest BCUT2D eigenvalue weighted by Gasteiger charge is 2.16. The molecule has 0 atom stereocenters. The zero-order valence-corrected chi connectivity index (χ0v) is 10.7. The van der Waals surface area contributed by atoms with Crippen molar-refractivity contribution in [3.8, 4) is 5.75 Å². The molecular weight excluding hydrogens is 244 g/mol. The molecule has 1 aromatic carbocycles. The Labute approximate surface area is 101 Å². The van der Waals surface area contributed by atoms with Crippen LogP contribution >= 0.6 is 0 Å². The van der Waals surface area contributed by atoms with Gasteiger partial charge in [-0.1, -0.05) is 6.07 Å². The minimum atomic E-state index is -3.72. The molecule has 17 heavy (non-hydrogen) atoms. The fourth-order valence-electron chi connectivity index (χ4n) is 1.27. The molecule has 0 aliphatic rings. The summed E-state index contributed by atoms with van der Waals surface area (Å²) in [5.41, 5.74) is 0.800. The molecule has 1 rings (SSSR count). The third-order valence-corrected chi connectivity index (χ3v) is 3.45. The Morgan fingerprint density at radius 3 is 2.65 bits per heavy atom. The quantitative estimate of drug-likeness (QED) is 0.775. The van der Waals surface area contributed by atoms with Crippen molar-refractivity contribution in [2.24, 2.45) is 0 Å². The van der Waals surface area contributed by atoms with Crippen molar-refractivity contribution in [1.29, 1.82) is 0 Å². The van der Waals surface area contributed by atoms with Gasteiger partial charge in [0.05, 0.1) is 18.1 Å². The maximum atomic E-state index is 11.6. The Morgan fingerprint density at radius 2 is 2.06 bits per heavy atom. The van der Waals surface area contributed by atoms with E-state index in [9.17, 15) is 8.42 Å². The van der Waals surface area contributed by atoms with Crippen LogP contribution in [0, 0.1) is 6.92 Å². The van der Waals surface area contributed by atoms with Gasteiger partial charge in [0.1, 0.15) is 12.4 Å². The monoisotopic (exact) mass is 260 g/mol. The lowest BCUT2D eigenvalue weighted by Crippen LogP contribution is -2.08. The van der Waals surface area contributed by atoms with Crippen LogP contribution in [-0.4, -0.2) is 33.3 Å². The number of benzene rings is 1. The van der Waals surface area contributed by atoms with Gasteiger partial charge in [-0.15, -0.1) is 0 Å². The second-order valence-electron chi connectivity index (χ2n) is 3.36. The minimum Gasteiger partial charge on any atom is -0.491 e. The summed E-state index contributed by atoms with van der Waals surface area (Å²) in [6, 6.07) is 4.50. The number of aryl methyl sites for hydroxylation is 1. The van der Waals surface area contributed by atoms with E-state index in [-0.39, 0.29) is 24.7 Å². The first-order valence-electron chi connectivity index (χ1n) is 5.25. The zero-order valence-electron chi connectivity index (χ0n) is 9.84. The van der Waals surface area contributed by atoms with Crippen molar-refractivity contribution in [3.05, 3.63) is 23.8 Å². The summed E-state index contributed by atoms with van der Waals surface area (Å²) in [5.74, 6) is 0.430. The van der Waals surface area contributed by atoms with Crippen LogP contribution in [0.25, 0.3) is 0 Å². The third kappa shape index (κ3) is 3.69. The van der Waals surface area contributed by atoms with E-state index >= 15 is 0 Å². The molecule has 0 fully saturated rings. The number of aliphatic hydroxyl groups is 1. The van der Waals surface area contributed by atoms with E-state index in [1.54, 1.807) is 19.9 Å². The van der Waals surface area contributed by atoms with E-state index in [4.69, 9.17) is 9.84 Å². The van der Waals surface area contributed by atoms with Crippen molar-refractivity contribution in [2.75, 3.05) is 19.8 Å². The molecule has 0 heterocycles. The van der Waals surface area contributed by atoms with Crippen LogP contribution < -0.4 is 4.74 Å². The summed E-state index contributed by atoms with van der Waals surface area (Å²) in [4.78, 5) is 0.0536. The van der Waals surface area contributed by atoms with Gasteiger partial charge in [-0.2, -0.15) is 8.42 Å². The average Bonchev–Trinajstić information content (AvgIpc) is 2.27.